The van der Waals surface area contributed by atoms with Gasteiger partial charge in [0.2, 0.25) is 0 Å². The van der Waals surface area contributed by atoms with Crippen LogP contribution in [0.15, 0.2) is 24.3 Å². The van der Waals surface area contributed by atoms with Gasteiger partial charge in [0.15, 0.2) is 0 Å². The number of amides is 1. The highest BCUT2D eigenvalue weighted by Crippen LogP contribution is 2.13. The SMILES string of the molecule is CCCCC(CN)NC(=O)c1cccc(OCC)c1.Cl. The van der Waals surface area contributed by atoms with Crippen LogP contribution in [-0.4, -0.2) is 25.1 Å². The maximum Gasteiger partial charge on any atom is 0.251 e. The zero-order valence-corrected chi connectivity index (χ0v) is 13.0. The van der Waals surface area contributed by atoms with E-state index in [1.165, 1.54) is 0 Å². The summed E-state index contributed by atoms with van der Waals surface area (Å²) < 4.78 is 5.39. The molecule has 1 amide bonds. The number of nitrogens with one attached hydrogen (secondary N) is 1. The van der Waals surface area contributed by atoms with Crippen molar-refractivity contribution in [2.45, 2.75) is 39.2 Å². The maximum atomic E-state index is 12.1. The molecule has 0 radical (unpaired) electrons. The van der Waals surface area contributed by atoms with Gasteiger partial charge in [-0.2, -0.15) is 0 Å². The third kappa shape index (κ3) is 6.26. The zero-order chi connectivity index (χ0) is 14.1. The van der Waals surface area contributed by atoms with E-state index < -0.39 is 0 Å². The van der Waals surface area contributed by atoms with Crippen LogP contribution in [0.25, 0.3) is 0 Å². The average Bonchev–Trinajstić information content (AvgIpc) is 2.44. The average molecular weight is 301 g/mol. The normalized spacial score (nSPS) is 11.3. The first-order valence-electron chi connectivity index (χ1n) is 6.95. The van der Waals surface area contributed by atoms with Crippen molar-refractivity contribution in [3.8, 4) is 5.75 Å². The molecule has 3 N–H and O–H groups in total. The van der Waals surface area contributed by atoms with Crippen molar-refractivity contribution >= 4 is 18.3 Å². The van der Waals surface area contributed by atoms with Gasteiger partial charge in [0.05, 0.1) is 6.61 Å². The molecule has 0 spiro atoms. The van der Waals surface area contributed by atoms with Crippen LogP contribution in [0.1, 0.15) is 43.5 Å². The third-order valence-electron chi connectivity index (χ3n) is 2.93. The fourth-order valence-electron chi connectivity index (χ4n) is 1.86. The van der Waals surface area contributed by atoms with Crippen LogP contribution in [0.2, 0.25) is 0 Å². The third-order valence-corrected chi connectivity index (χ3v) is 2.93. The van der Waals surface area contributed by atoms with E-state index in [1.54, 1.807) is 12.1 Å². The molecular weight excluding hydrogens is 276 g/mol. The van der Waals surface area contributed by atoms with Gasteiger partial charge in [-0.15, -0.1) is 12.4 Å². The maximum absolute atomic E-state index is 12.1. The van der Waals surface area contributed by atoms with Gasteiger partial charge in [-0.3, -0.25) is 4.79 Å². The Morgan fingerprint density at radius 3 is 2.75 bits per heavy atom. The molecular formula is C15H25ClN2O2. The summed E-state index contributed by atoms with van der Waals surface area (Å²) in [6, 6.07) is 7.25. The molecule has 0 saturated carbocycles. The number of ether oxygens (including phenoxy) is 1. The molecule has 1 aromatic rings. The van der Waals surface area contributed by atoms with Crippen LogP contribution in [0.5, 0.6) is 5.75 Å². The summed E-state index contributed by atoms with van der Waals surface area (Å²) >= 11 is 0. The minimum absolute atomic E-state index is 0. The molecule has 1 unspecified atom stereocenters. The number of rotatable bonds is 8. The Kier molecular flexibility index (Phi) is 9.86. The number of hydrogen-bond donors (Lipinski definition) is 2. The van der Waals surface area contributed by atoms with E-state index in [2.05, 4.69) is 12.2 Å². The van der Waals surface area contributed by atoms with Gasteiger partial charge in [0, 0.05) is 18.2 Å². The van der Waals surface area contributed by atoms with Crippen LogP contribution in [0.3, 0.4) is 0 Å². The smallest absolute Gasteiger partial charge is 0.251 e. The van der Waals surface area contributed by atoms with E-state index in [0.29, 0.717) is 24.5 Å². The van der Waals surface area contributed by atoms with Crippen molar-refractivity contribution < 1.29 is 9.53 Å². The molecule has 5 heteroatoms. The summed E-state index contributed by atoms with van der Waals surface area (Å²) in [6.07, 6.45) is 3.09. The lowest BCUT2D eigenvalue weighted by molar-refractivity contribution is 0.0935. The first-order valence-corrected chi connectivity index (χ1v) is 6.95. The van der Waals surface area contributed by atoms with Crippen molar-refractivity contribution in [1.29, 1.82) is 0 Å². The standard InChI is InChI=1S/C15H24N2O2.ClH/c1-3-5-8-13(11-16)17-15(18)12-7-6-9-14(10-12)19-4-2;/h6-7,9-10,13H,3-5,8,11,16H2,1-2H3,(H,17,18);1H. The molecule has 1 rings (SSSR count). The topological polar surface area (TPSA) is 64.3 Å². The lowest BCUT2D eigenvalue weighted by Gasteiger charge is -2.16. The highest BCUT2D eigenvalue weighted by molar-refractivity contribution is 5.94. The summed E-state index contributed by atoms with van der Waals surface area (Å²) in [5.74, 6) is 0.626. The van der Waals surface area contributed by atoms with Crippen LogP contribution in [-0.2, 0) is 0 Å². The molecule has 114 valence electrons. The molecule has 4 nitrogen and oxygen atoms in total. The lowest BCUT2D eigenvalue weighted by atomic mass is 10.1. The number of unbranched alkanes of at least 4 members (excludes halogenated alkanes) is 1. The zero-order valence-electron chi connectivity index (χ0n) is 12.2. The van der Waals surface area contributed by atoms with Gasteiger partial charge in [-0.25, -0.2) is 0 Å². The van der Waals surface area contributed by atoms with Gasteiger partial charge in [0.25, 0.3) is 5.91 Å². The van der Waals surface area contributed by atoms with E-state index in [9.17, 15) is 4.79 Å². The number of benzene rings is 1. The Hall–Kier alpha value is -1.26. The monoisotopic (exact) mass is 300 g/mol. The highest BCUT2D eigenvalue weighted by atomic mass is 35.5. The first kappa shape index (κ1) is 18.7. The van der Waals surface area contributed by atoms with Crippen molar-refractivity contribution in [3.63, 3.8) is 0 Å². The van der Waals surface area contributed by atoms with Gasteiger partial charge in [-0.1, -0.05) is 25.8 Å². The van der Waals surface area contributed by atoms with Gasteiger partial charge < -0.3 is 15.8 Å². The molecule has 0 aromatic heterocycles. The molecule has 1 aromatic carbocycles. The van der Waals surface area contributed by atoms with E-state index in [1.807, 2.05) is 19.1 Å². The molecule has 0 aliphatic rings. The van der Waals surface area contributed by atoms with Gasteiger partial charge >= 0.3 is 0 Å². The van der Waals surface area contributed by atoms with E-state index in [-0.39, 0.29) is 24.4 Å². The summed E-state index contributed by atoms with van der Waals surface area (Å²) in [5, 5.41) is 2.97. The second-order valence-corrected chi connectivity index (χ2v) is 4.51. The van der Waals surface area contributed by atoms with E-state index in [0.717, 1.165) is 19.3 Å². The fourth-order valence-corrected chi connectivity index (χ4v) is 1.86. The number of hydrogen-bond acceptors (Lipinski definition) is 3. The molecule has 1 atom stereocenters. The highest BCUT2D eigenvalue weighted by Gasteiger charge is 2.12. The Balaban J connectivity index is 0.00000361. The molecule has 0 aliphatic heterocycles. The predicted octanol–water partition coefficient (Wildman–Crippen LogP) is 2.75. The van der Waals surface area contributed by atoms with Crippen molar-refractivity contribution in [3.05, 3.63) is 29.8 Å². The summed E-state index contributed by atoms with van der Waals surface area (Å²) in [7, 11) is 0. The Morgan fingerprint density at radius 1 is 1.40 bits per heavy atom. The molecule has 0 saturated heterocycles. The van der Waals surface area contributed by atoms with E-state index >= 15 is 0 Å². The molecule has 20 heavy (non-hydrogen) atoms. The molecule has 0 fully saturated rings. The summed E-state index contributed by atoms with van der Waals surface area (Å²) in [4.78, 5) is 12.1. The Morgan fingerprint density at radius 2 is 2.15 bits per heavy atom. The Labute approximate surface area is 127 Å². The van der Waals surface area contributed by atoms with Crippen molar-refractivity contribution in [2.24, 2.45) is 5.73 Å². The van der Waals surface area contributed by atoms with Gasteiger partial charge in [0.1, 0.15) is 5.75 Å². The predicted molar refractivity (Wildman–Crippen MR) is 84.7 cm³/mol. The number of nitrogens with two attached hydrogens (primary N) is 1. The molecule has 0 aliphatic carbocycles. The van der Waals surface area contributed by atoms with Crippen molar-refractivity contribution in [1.82, 2.24) is 5.32 Å². The van der Waals surface area contributed by atoms with Crippen molar-refractivity contribution in [2.75, 3.05) is 13.2 Å². The Bertz CT molecular complexity index is 399. The van der Waals surface area contributed by atoms with Crippen LogP contribution < -0.4 is 15.8 Å². The van der Waals surface area contributed by atoms with E-state index in [4.69, 9.17) is 10.5 Å². The molecule has 0 bridgehead atoms. The van der Waals surface area contributed by atoms with Crippen LogP contribution in [0.4, 0.5) is 0 Å². The lowest BCUT2D eigenvalue weighted by Crippen LogP contribution is -2.40. The number of halogens is 1. The summed E-state index contributed by atoms with van der Waals surface area (Å²) in [5.41, 5.74) is 6.29. The largest absolute Gasteiger partial charge is 0.494 e. The number of carbonyl (C=O) groups is 1. The molecule has 0 heterocycles. The summed E-state index contributed by atoms with van der Waals surface area (Å²) in [6.45, 7) is 5.10. The second kappa shape index (κ2) is 10.5. The quantitative estimate of drug-likeness (QED) is 0.776. The van der Waals surface area contributed by atoms with Crippen LogP contribution in [0, 0.1) is 0 Å². The number of carbonyl (C=O) groups excluding carboxylic acids is 1. The first-order chi connectivity index (χ1) is 9.21. The van der Waals surface area contributed by atoms with Crippen LogP contribution >= 0.6 is 12.4 Å². The van der Waals surface area contributed by atoms with Gasteiger partial charge in [-0.05, 0) is 31.5 Å². The fraction of sp³-hybridized carbons (Fsp3) is 0.533. The second-order valence-electron chi connectivity index (χ2n) is 4.51. The minimum Gasteiger partial charge on any atom is -0.494 e. The minimum atomic E-state index is -0.0897.